The molecule has 0 bridgehead atoms. The van der Waals surface area contributed by atoms with Gasteiger partial charge in [-0.2, -0.15) is 4.52 Å². The summed E-state index contributed by atoms with van der Waals surface area (Å²) in [6.07, 6.45) is 2.19. The number of esters is 1. The fourth-order valence-electron chi connectivity index (χ4n) is 4.12. The first-order chi connectivity index (χ1) is 15.4. The quantitative estimate of drug-likeness (QED) is 0.324. The molecule has 1 saturated heterocycles. The van der Waals surface area contributed by atoms with Gasteiger partial charge >= 0.3 is 5.97 Å². The summed E-state index contributed by atoms with van der Waals surface area (Å²) in [5.74, 6) is 0.156. The number of aromatic hydroxyl groups is 1. The van der Waals surface area contributed by atoms with Gasteiger partial charge in [-0.1, -0.05) is 30.4 Å². The van der Waals surface area contributed by atoms with E-state index in [1.165, 1.54) is 28.0 Å². The summed E-state index contributed by atoms with van der Waals surface area (Å²) in [5.41, 5.74) is 0.783. The van der Waals surface area contributed by atoms with Crippen molar-refractivity contribution in [1.82, 2.24) is 19.5 Å². The number of piperidine rings is 1. The first kappa shape index (κ1) is 22.2. The number of fused-ring (bicyclic) bond motifs is 1. The van der Waals surface area contributed by atoms with Gasteiger partial charge in [-0.25, -0.2) is 4.98 Å². The molecule has 2 aromatic heterocycles. The number of carbonyl (C=O) groups excluding carboxylic acids is 1. The Morgan fingerprint density at radius 2 is 2.12 bits per heavy atom. The van der Waals surface area contributed by atoms with Gasteiger partial charge in [-0.3, -0.25) is 19.8 Å². The SMILES string of the molecule is CCOC(=O)[C@@H]1CCCN([C@H](c2ccc([N+](=O)[O-])cc2)c2sc3nc(CC)nn3c2O)C1. The molecule has 4 rings (SSSR count). The normalized spacial score (nSPS) is 18.0. The van der Waals surface area contributed by atoms with Gasteiger partial charge in [0, 0.05) is 25.1 Å². The summed E-state index contributed by atoms with van der Waals surface area (Å²) in [6, 6.07) is 5.91. The Labute approximate surface area is 188 Å². The van der Waals surface area contributed by atoms with Crippen LogP contribution in [0, 0.1) is 16.0 Å². The molecule has 170 valence electrons. The fourth-order valence-corrected chi connectivity index (χ4v) is 5.25. The molecule has 0 radical (unpaired) electrons. The molecule has 10 nitrogen and oxygen atoms in total. The molecule has 1 aromatic carbocycles. The number of non-ortho nitro benzene ring substituents is 1. The fraction of sp³-hybridized carbons (Fsp3) is 0.476. The highest BCUT2D eigenvalue weighted by atomic mass is 32.1. The Balaban J connectivity index is 1.75. The molecule has 1 aliphatic rings. The van der Waals surface area contributed by atoms with E-state index in [0.717, 1.165) is 18.4 Å². The topological polar surface area (TPSA) is 123 Å². The number of nitro benzene ring substituents is 1. The van der Waals surface area contributed by atoms with Crippen molar-refractivity contribution in [3.8, 4) is 5.88 Å². The number of aromatic nitrogens is 3. The Morgan fingerprint density at radius 1 is 1.38 bits per heavy atom. The zero-order valence-electron chi connectivity index (χ0n) is 17.9. The average Bonchev–Trinajstić information content (AvgIpc) is 3.34. The van der Waals surface area contributed by atoms with Gasteiger partial charge in [0.15, 0.2) is 5.82 Å². The molecule has 0 saturated carbocycles. The summed E-state index contributed by atoms with van der Waals surface area (Å²) in [7, 11) is 0. The third kappa shape index (κ3) is 4.17. The summed E-state index contributed by atoms with van der Waals surface area (Å²) in [4.78, 5) is 30.9. The number of nitrogens with zero attached hydrogens (tertiary/aromatic N) is 5. The molecule has 1 fully saturated rings. The first-order valence-electron chi connectivity index (χ1n) is 10.6. The largest absolute Gasteiger partial charge is 0.492 e. The summed E-state index contributed by atoms with van der Waals surface area (Å²) in [6.45, 7) is 5.24. The summed E-state index contributed by atoms with van der Waals surface area (Å²) in [5, 5.41) is 26.5. The zero-order chi connectivity index (χ0) is 22.8. The predicted molar refractivity (Wildman–Crippen MR) is 118 cm³/mol. The lowest BCUT2D eigenvalue weighted by atomic mass is 9.94. The van der Waals surface area contributed by atoms with E-state index < -0.39 is 11.0 Å². The number of hydrogen-bond acceptors (Lipinski definition) is 9. The van der Waals surface area contributed by atoms with Gasteiger partial charge in [0.05, 0.1) is 28.4 Å². The molecule has 2 atom stereocenters. The van der Waals surface area contributed by atoms with Crippen LogP contribution in [0.15, 0.2) is 24.3 Å². The van der Waals surface area contributed by atoms with Gasteiger partial charge in [0.1, 0.15) is 0 Å². The van der Waals surface area contributed by atoms with Crippen LogP contribution in [0.1, 0.15) is 49.0 Å². The highest BCUT2D eigenvalue weighted by Crippen LogP contribution is 2.41. The van der Waals surface area contributed by atoms with Crippen LogP contribution in [0.2, 0.25) is 0 Å². The monoisotopic (exact) mass is 459 g/mol. The van der Waals surface area contributed by atoms with Gasteiger partial charge in [0.2, 0.25) is 10.8 Å². The van der Waals surface area contributed by atoms with E-state index in [-0.39, 0.29) is 23.5 Å². The zero-order valence-corrected chi connectivity index (χ0v) is 18.7. The number of hydrogen-bond donors (Lipinski definition) is 1. The number of benzene rings is 1. The smallest absolute Gasteiger partial charge is 0.310 e. The Kier molecular flexibility index (Phi) is 6.38. The van der Waals surface area contributed by atoms with Gasteiger partial charge in [-0.05, 0) is 31.9 Å². The first-order valence-corrected chi connectivity index (χ1v) is 11.5. The second kappa shape index (κ2) is 9.21. The number of likely N-dealkylation sites (tertiary alicyclic amines) is 1. The van der Waals surface area contributed by atoms with E-state index in [1.54, 1.807) is 19.1 Å². The molecule has 32 heavy (non-hydrogen) atoms. The highest BCUT2D eigenvalue weighted by molar-refractivity contribution is 7.17. The van der Waals surface area contributed by atoms with Crippen molar-refractivity contribution in [3.63, 3.8) is 0 Å². The van der Waals surface area contributed by atoms with Crippen LogP contribution in [0.25, 0.3) is 4.96 Å². The number of ether oxygens (including phenoxy) is 1. The maximum Gasteiger partial charge on any atom is 0.310 e. The molecule has 0 amide bonds. The standard InChI is InChI=1S/C21H25N5O5S/c1-3-16-22-21-25(23-16)19(27)18(32-21)17(13-7-9-15(10-8-13)26(29)30)24-11-5-6-14(12-24)20(28)31-4-2/h7-10,14,17,27H,3-6,11-12H2,1-2H3/t14-,17-/m1/s1. The van der Waals surface area contributed by atoms with E-state index >= 15 is 0 Å². The Morgan fingerprint density at radius 3 is 2.75 bits per heavy atom. The molecule has 3 heterocycles. The second-order valence-electron chi connectivity index (χ2n) is 7.70. The van der Waals surface area contributed by atoms with Crippen molar-refractivity contribution in [3.05, 3.63) is 50.6 Å². The molecular formula is C21H25N5O5S. The molecule has 11 heteroatoms. The minimum atomic E-state index is -0.441. The molecule has 1 aliphatic heterocycles. The van der Waals surface area contributed by atoms with Crippen molar-refractivity contribution < 1.29 is 19.6 Å². The van der Waals surface area contributed by atoms with Crippen LogP contribution < -0.4 is 0 Å². The number of rotatable bonds is 7. The summed E-state index contributed by atoms with van der Waals surface area (Å²) >= 11 is 1.33. The Hall–Kier alpha value is -3.05. The van der Waals surface area contributed by atoms with Crippen LogP contribution in [-0.2, 0) is 16.0 Å². The minimum Gasteiger partial charge on any atom is -0.492 e. The number of carbonyl (C=O) groups is 1. The number of nitro groups is 1. The lowest BCUT2D eigenvalue weighted by Crippen LogP contribution is -2.41. The van der Waals surface area contributed by atoms with Crippen molar-refractivity contribution >= 4 is 28.0 Å². The second-order valence-corrected chi connectivity index (χ2v) is 8.71. The lowest BCUT2D eigenvalue weighted by molar-refractivity contribution is -0.384. The van der Waals surface area contributed by atoms with E-state index in [9.17, 15) is 20.0 Å². The van der Waals surface area contributed by atoms with E-state index in [1.807, 2.05) is 6.92 Å². The van der Waals surface area contributed by atoms with Crippen molar-refractivity contribution in [1.29, 1.82) is 0 Å². The highest BCUT2D eigenvalue weighted by Gasteiger charge is 2.35. The van der Waals surface area contributed by atoms with E-state index in [2.05, 4.69) is 15.0 Å². The van der Waals surface area contributed by atoms with Crippen LogP contribution in [-0.4, -0.2) is 55.2 Å². The van der Waals surface area contributed by atoms with Crippen molar-refractivity contribution in [2.45, 2.75) is 39.2 Å². The van der Waals surface area contributed by atoms with Crippen LogP contribution >= 0.6 is 11.3 Å². The molecule has 3 aromatic rings. The lowest BCUT2D eigenvalue weighted by Gasteiger charge is -2.37. The third-order valence-electron chi connectivity index (χ3n) is 5.67. The van der Waals surface area contributed by atoms with Crippen molar-refractivity contribution in [2.24, 2.45) is 5.92 Å². The third-order valence-corrected chi connectivity index (χ3v) is 6.74. The predicted octanol–water partition coefficient (Wildman–Crippen LogP) is 3.33. The molecule has 0 spiro atoms. The Bertz CT molecular complexity index is 1130. The van der Waals surface area contributed by atoms with E-state index in [0.29, 0.717) is 41.8 Å². The summed E-state index contributed by atoms with van der Waals surface area (Å²) < 4.78 is 6.67. The number of aryl methyl sites for hydroxylation is 1. The average molecular weight is 460 g/mol. The molecular weight excluding hydrogens is 434 g/mol. The van der Waals surface area contributed by atoms with Crippen LogP contribution in [0.5, 0.6) is 5.88 Å². The van der Waals surface area contributed by atoms with Gasteiger partial charge < -0.3 is 9.84 Å². The van der Waals surface area contributed by atoms with Crippen LogP contribution in [0.4, 0.5) is 5.69 Å². The molecule has 1 N–H and O–H groups in total. The maximum absolute atomic E-state index is 12.4. The van der Waals surface area contributed by atoms with Gasteiger partial charge in [-0.15, -0.1) is 5.10 Å². The van der Waals surface area contributed by atoms with Gasteiger partial charge in [0.25, 0.3) is 5.69 Å². The minimum absolute atomic E-state index is 0.00110. The molecule has 0 aliphatic carbocycles. The van der Waals surface area contributed by atoms with E-state index in [4.69, 9.17) is 4.74 Å². The molecule has 0 unspecified atom stereocenters. The van der Waals surface area contributed by atoms with Crippen LogP contribution in [0.3, 0.4) is 0 Å². The van der Waals surface area contributed by atoms with Crippen molar-refractivity contribution in [2.75, 3.05) is 19.7 Å². The number of thiazole rings is 1. The maximum atomic E-state index is 12.4.